The van der Waals surface area contributed by atoms with Crippen molar-refractivity contribution in [3.05, 3.63) is 59.1 Å². The lowest BCUT2D eigenvalue weighted by atomic mass is 10.00. The van der Waals surface area contributed by atoms with Crippen LogP contribution >= 0.6 is 11.6 Å². The standard InChI is InChI=1S/C15H16ClN/c1-11(17)9-12-5-4-6-13(10-12)14-7-2-3-8-15(14)16/h2-8,10-11H,9,17H2,1H3. The highest BCUT2D eigenvalue weighted by Gasteiger charge is 2.04. The van der Waals surface area contributed by atoms with Crippen LogP contribution in [0.1, 0.15) is 12.5 Å². The number of benzene rings is 2. The SMILES string of the molecule is CC(N)Cc1cccc(-c2ccccc2Cl)c1. The van der Waals surface area contributed by atoms with Crippen LogP contribution in [0.4, 0.5) is 0 Å². The van der Waals surface area contributed by atoms with E-state index in [0.29, 0.717) is 0 Å². The van der Waals surface area contributed by atoms with E-state index in [4.69, 9.17) is 17.3 Å². The highest BCUT2D eigenvalue weighted by molar-refractivity contribution is 6.33. The Morgan fingerprint density at radius 2 is 1.88 bits per heavy atom. The molecular formula is C15H16ClN. The first-order valence-corrected chi connectivity index (χ1v) is 6.14. The van der Waals surface area contributed by atoms with E-state index in [1.54, 1.807) is 0 Å². The molecule has 2 aromatic rings. The summed E-state index contributed by atoms with van der Waals surface area (Å²) < 4.78 is 0. The monoisotopic (exact) mass is 245 g/mol. The van der Waals surface area contributed by atoms with Crippen LogP contribution in [0.2, 0.25) is 5.02 Å². The summed E-state index contributed by atoms with van der Waals surface area (Å²) in [5.41, 5.74) is 9.28. The van der Waals surface area contributed by atoms with Crippen molar-refractivity contribution in [3.8, 4) is 11.1 Å². The van der Waals surface area contributed by atoms with E-state index in [-0.39, 0.29) is 6.04 Å². The molecule has 0 aliphatic heterocycles. The van der Waals surface area contributed by atoms with Gasteiger partial charge in [0.15, 0.2) is 0 Å². The zero-order valence-electron chi connectivity index (χ0n) is 9.86. The second kappa shape index (κ2) is 5.35. The van der Waals surface area contributed by atoms with Crippen molar-refractivity contribution in [2.45, 2.75) is 19.4 Å². The molecule has 1 nitrogen and oxygen atoms in total. The van der Waals surface area contributed by atoms with Crippen LogP contribution < -0.4 is 5.73 Å². The molecule has 0 fully saturated rings. The van der Waals surface area contributed by atoms with Gasteiger partial charge in [0.1, 0.15) is 0 Å². The van der Waals surface area contributed by atoms with Gasteiger partial charge in [0.25, 0.3) is 0 Å². The van der Waals surface area contributed by atoms with Crippen LogP contribution in [0.25, 0.3) is 11.1 Å². The molecule has 2 rings (SSSR count). The van der Waals surface area contributed by atoms with Gasteiger partial charge in [-0.25, -0.2) is 0 Å². The summed E-state index contributed by atoms with van der Waals surface area (Å²) in [6, 6.07) is 16.5. The third-order valence-corrected chi connectivity index (χ3v) is 3.00. The third kappa shape index (κ3) is 3.09. The zero-order chi connectivity index (χ0) is 12.3. The van der Waals surface area contributed by atoms with Crippen molar-refractivity contribution in [1.82, 2.24) is 0 Å². The molecule has 2 heteroatoms. The first-order valence-electron chi connectivity index (χ1n) is 5.76. The third-order valence-electron chi connectivity index (χ3n) is 2.67. The van der Waals surface area contributed by atoms with Gasteiger partial charge in [0.2, 0.25) is 0 Å². The Labute approximate surface area is 107 Å². The van der Waals surface area contributed by atoms with E-state index in [0.717, 1.165) is 22.6 Å². The molecular weight excluding hydrogens is 230 g/mol. The lowest BCUT2D eigenvalue weighted by Crippen LogP contribution is -2.17. The van der Waals surface area contributed by atoms with Gasteiger partial charge < -0.3 is 5.73 Å². The molecule has 0 heterocycles. The maximum atomic E-state index is 6.19. The van der Waals surface area contributed by atoms with E-state index < -0.39 is 0 Å². The van der Waals surface area contributed by atoms with E-state index in [1.165, 1.54) is 5.56 Å². The highest BCUT2D eigenvalue weighted by Crippen LogP contribution is 2.28. The van der Waals surface area contributed by atoms with Crippen molar-refractivity contribution < 1.29 is 0 Å². The Bertz CT molecular complexity index is 506. The molecule has 0 radical (unpaired) electrons. The van der Waals surface area contributed by atoms with Gasteiger partial charge in [0, 0.05) is 16.6 Å². The lowest BCUT2D eigenvalue weighted by molar-refractivity contribution is 0.738. The molecule has 0 aromatic heterocycles. The summed E-state index contributed by atoms with van der Waals surface area (Å²) in [5.74, 6) is 0. The Morgan fingerprint density at radius 1 is 1.12 bits per heavy atom. The lowest BCUT2D eigenvalue weighted by Gasteiger charge is -2.09. The molecule has 1 atom stereocenters. The van der Waals surface area contributed by atoms with Gasteiger partial charge in [-0.05, 0) is 30.5 Å². The van der Waals surface area contributed by atoms with Crippen LogP contribution in [-0.4, -0.2) is 6.04 Å². The number of hydrogen-bond acceptors (Lipinski definition) is 1. The molecule has 0 aliphatic carbocycles. The Balaban J connectivity index is 2.37. The summed E-state index contributed by atoms with van der Waals surface area (Å²) >= 11 is 6.19. The second-order valence-corrected chi connectivity index (χ2v) is 4.77. The molecule has 2 N–H and O–H groups in total. The first-order chi connectivity index (χ1) is 8.16. The fraction of sp³-hybridized carbons (Fsp3) is 0.200. The minimum atomic E-state index is 0.177. The Morgan fingerprint density at radius 3 is 2.59 bits per heavy atom. The Hall–Kier alpha value is -1.31. The summed E-state index contributed by atoms with van der Waals surface area (Å²) in [6.45, 7) is 2.02. The van der Waals surface area contributed by atoms with Crippen molar-refractivity contribution in [2.24, 2.45) is 5.73 Å². The summed E-state index contributed by atoms with van der Waals surface area (Å²) in [4.78, 5) is 0. The zero-order valence-corrected chi connectivity index (χ0v) is 10.6. The molecule has 2 aromatic carbocycles. The van der Waals surface area contributed by atoms with E-state index in [1.807, 2.05) is 31.2 Å². The average Bonchev–Trinajstić information content (AvgIpc) is 2.29. The predicted octanol–water partition coefficient (Wildman–Crippen LogP) is 3.90. The summed E-state index contributed by atoms with van der Waals surface area (Å²) in [6.07, 6.45) is 0.887. The number of nitrogens with two attached hydrogens (primary N) is 1. The minimum absolute atomic E-state index is 0.177. The van der Waals surface area contributed by atoms with Gasteiger partial charge in [-0.3, -0.25) is 0 Å². The first kappa shape index (κ1) is 12.2. The van der Waals surface area contributed by atoms with Crippen molar-refractivity contribution >= 4 is 11.6 Å². The second-order valence-electron chi connectivity index (χ2n) is 4.36. The minimum Gasteiger partial charge on any atom is -0.328 e. The van der Waals surface area contributed by atoms with Crippen molar-refractivity contribution in [1.29, 1.82) is 0 Å². The number of halogens is 1. The fourth-order valence-electron chi connectivity index (χ4n) is 1.93. The molecule has 17 heavy (non-hydrogen) atoms. The average molecular weight is 246 g/mol. The highest BCUT2D eigenvalue weighted by atomic mass is 35.5. The van der Waals surface area contributed by atoms with Crippen LogP contribution in [0.3, 0.4) is 0 Å². The number of rotatable bonds is 3. The topological polar surface area (TPSA) is 26.0 Å². The molecule has 0 bridgehead atoms. The molecule has 0 spiro atoms. The van der Waals surface area contributed by atoms with Gasteiger partial charge in [0.05, 0.1) is 0 Å². The molecule has 0 saturated heterocycles. The van der Waals surface area contributed by atoms with Crippen molar-refractivity contribution in [3.63, 3.8) is 0 Å². The molecule has 0 aliphatic rings. The normalized spacial score (nSPS) is 12.4. The van der Waals surface area contributed by atoms with Crippen LogP contribution in [0, 0.1) is 0 Å². The Kier molecular flexibility index (Phi) is 3.82. The van der Waals surface area contributed by atoms with Crippen LogP contribution in [0.5, 0.6) is 0 Å². The van der Waals surface area contributed by atoms with Crippen LogP contribution in [0.15, 0.2) is 48.5 Å². The summed E-state index contributed by atoms with van der Waals surface area (Å²) in [7, 11) is 0. The smallest absolute Gasteiger partial charge is 0.0484 e. The van der Waals surface area contributed by atoms with E-state index in [2.05, 4.69) is 24.3 Å². The fourth-order valence-corrected chi connectivity index (χ4v) is 2.18. The summed E-state index contributed by atoms with van der Waals surface area (Å²) in [5, 5.41) is 0.783. The maximum Gasteiger partial charge on any atom is 0.0484 e. The van der Waals surface area contributed by atoms with E-state index in [9.17, 15) is 0 Å². The molecule has 1 unspecified atom stereocenters. The number of hydrogen-bond donors (Lipinski definition) is 1. The predicted molar refractivity (Wildman–Crippen MR) is 74.2 cm³/mol. The molecule has 0 saturated carbocycles. The van der Waals surface area contributed by atoms with Crippen LogP contribution in [-0.2, 0) is 6.42 Å². The molecule has 88 valence electrons. The van der Waals surface area contributed by atoms with Crippen molar-refractivity contribution in [2.75, 3.05) is 0 Å². The van der Waals surface area contributed by atoms with E-state index >= 15 is 0 Å². The maximum absolute atomic E-state index is 6.19. The van der Waals surface area contributed by atoms with Gasteiger partial charge in [-0.2, -0.15) is 0 Å². The quantitative estimate of drug-likeness (QED) is 0.872. The van der Waals surface area contributed by atoms with Gasteiger partial charge in [-0.1, -0.05) is 54.1 Å². The van der Waals surface area contributed by atoms with Gasteiger partial charge in [-0.15, -0.1) is 0 Å². The largest absolute Gasteiger partial charge is 0.328 e. The van der Waals surface area contributed by atoms with Gasteiger partial charge >= 0.3 is 0 Å². The molecule has 0 amide bonds.